The van der Waals surface area contributed by atoms with Gasteiger partial charge in [-0.2, -0.15) is 11.8 Å². The summed E-state index contributed by atoms with van der Waals surface area (Å²) in [5.74, 6) is 2.28. The summed E-state index contributed by atoms with van der Waals surface area (Å²) >= 11 is 1.91. The van der Waals surface area contributed by atoms with Gasteiger partial charge in [0, 0.05) is 36.2 Å². The van der Waals surface area contributed by atoms with Crippen molar-refractivity contribution in [3.63, 3.8) is 0 Å². The van der Waals surface area contributed by atoms with E-state index in [1.54, 1.807) is 0 Å². The monoisotopic (exact) mass is 264 g/mol. The molecule has 1 aliphatic rings. The maximum atomic E-state index is 12.0. The largest absolute Gasteiger partial charge is 0.326 e. The number of nitrogens with one attached hydrogen (secondary N) is 2. The first-order chi connectivity index (χ1) is 8.66. The van der Waals surface area contributed by atoms with Gasteiger partial charge in [-0.3, -0.25) is 4.79 Å². The predicted molar refractivity (Wildman–Crippen MR) is 78.3 cm³/mol. The lowest BCUT2D eigenvalue weighted by molar-refractivity contribution is -0.116. The Kier molecular flexibility index (Phi) is 4.66. The van der Waals surface area contributed by atoms with Crippen LogP contribution in [0.15, 0.2) is 18.2 Å². The summed E-state index contributed by atoms with van der Waals surface area (Å²) in [6.45, 7) is 5.11. The van der Waals surface area contributed by atoms with E-state index in [4.69, 9.17) is 0 Å². The number of hydrogen-bond donors (Lipinski definition) is 2. The number of anilines is 1. The zero-order chi connectivity index (χ0) is 13.0. The van der Waals surface area contributed by atoms with Crippen LogP contribution < -0.4 is 10.6 Å². The molecule has 1 unspecified atom stereocenters. The molecule has 0 bridgehead atoms. The van der Waals surface area contributed by atoms with Crippen molar-refractivity contribution in [1.82, 2.24) is 5.32 Å². The molecule has 0 radical (unpaired) electrons. The molecular formula is C14H20N2OS. The summed E-state index contributed by atoms with van der Waals surface area (Å²) in [7, 11) is 0. The van der Waals surface area contributed by atoms with Crippen LogP contribution in [-0.2, 0) is 4.79 Å². The van der Waals surface area contributed by atoms with E-state index in [1.165, 1.54) is 5.56 Å². The molecule has 1 aromatic rings. The maximum absolute atomic E-state index is 12.0. The van der Waals surface area contributed by atoms with Crippen LogP contribution in [0.1, 0.15) is 17.5 Å². The Labute approximate surface area is 113 Å². The number of amides is 1. The molecule has 0 saturated carbocycles. The van der Waals surface area contributed by atoms with Crippen LogP contribution in [0.5, 0.6) is 0 Å². The van der Waals surface area contributed by atoms with Crippen LogP contribution in [0.2, 0.25) is 0 Å². The number of rotatable bonds is 3. The van der Waals surface area contributed by atoms with Crippen molar-refractivity contribution in [1.29, 1.82) is 0 Å². The van der Waals surface area contributed by atoms with E-state index in [2.05, 4.69) is 23.6 Å². The van der Waals surface area contributed by atoms with E-state index in [1.807, 2.05) is 30.8 Å². The third-order valence-corrected chi connectivity index (χ3v) is 4.44. The Hall–Kier alpha value is -1.00. The molecule has 98 valence electrons. The molecule has 1 heterocycles. The minimum atomic E-state index is 0.101. The van der Waals surface area contributed by atoms with E-state index in [0.29, 0.717) is 12.5 Å². The van der Waals surface area contributed by atoms with Crippen molar-refractivity contribution in [2.24, 2.45) is 0 Å². The molecule has 1 saturated heterocycles. The highest BCUT2D eigenvalue weighted by Gasteiger charge is 2.17. The number of hydrogen-bond acceptors (Lipinski definition) is 3. The molecule has 1 aliphatic heterocycles. The first-order valence-corrected chi connectivity index (χ1v) is 7.49. The molecule has 0 aromatic heterocycles. The summed E-state index contributed by atoms with van der Waals surface area (Å²) in [5.41, 5.74) is 3.29. The first-order valence-electron chi connectivity index (χ1n) is 6.34. The van der Waals surface area contributed by atoms with Gasteiger partial charge in [-0.25, -0.2) is 0 Å². The molecule has 1 amide bonds. The van der Waals surface area contributed by atoms with Gasteiger partial charge in [-0.15, -0.1) is 0 Å². The van der Waals surface area contributed by atoms with Gasteiger partial charge in [0.15, 0.2) is 0 Å². The molecule has 4 heteroatoms. The van der Waals surface area contributed by atoms with Crippen LogP contribution in [0.25, 0.3) is 0 Å². The molecule has 18 heavy (non-hydrogen) atoms. The zero-order valence-corrected chi connectivity index (χ0v) is 11.8. The van der Waals surface area contributed by atoms with Gasteiger partial charge in [-0.1, -0.05) is 12.1 Å². The second kappa shape index (κ2) is 6.25. The first kappa shape index (κ1) is 13.4. The van der Waals surface area contributed by atoms with Crippen molar-refractivity contribution < 1.29 is 4.79 Å². The van der Waals surface area contributed by atoms with Crippen LogP contribution in [-0.4, -0.2) is 30.0 Å². The van der Waals surface area contributed by atoms with Crippen molar-refractivity contribution >= 4 is 23.4 Å². The number of carbonyl (C=O) groups excluding carboxylic acids is 1. The van der Waals surface area contributed by atoms with E-state index in [-0.39, 0.29) is 5.91 Å². The van der Waals surface area contributed by atoms with E-state index in [9.17, 15) is 4.79 Å². The van der Waals surface area contributed by atoms with Crippen LogP contribution in [0.4, 0.5) is 5.69 Å². The Morgan fingerprint density at radius 1 is 1.50 bits per heavy atom. The second-order valence-electron chi connectivity index (χ2n) is 4.73. The molecule has 1 fully saturated rings. The smallest absolute Gasteiger partial charge is 0.225 e. The summed E-state index contributed by atoms with van der Waals surface area (Å²) in [6, 6.07) is 6.31. The predicted octanol–water partition coefficient (Wildman–Crippen LogP) is 2.34. The van der Waals surface area contributed by atoms with Gasteiger partial charge < -0.3 is 10.6 Å². The molecule has 1 atom stereocenters. The Balaban J connectivity index is 1.92. The minimum absolute atomic E-state index is 0.101. The highest BCUT2D eigenvalue weighted by molar-refractivity contribution is 7.99. The lowest BCUT2D eigenvalue weighted by Crippen LogP contribution is -2.39. The topological polar surface area (TPSA) is 41.1 Å². The summed E-state index contributed by atoms with van der Waals surface area (Å²) < 4.78 is 0. The van der Waals surface area contributed by atoms with Gasteiger partial charge in [0.1, 0.15) is 0 Å². The fraction of sp³-hybridized carbons (Fsp3) is 0.500. The average molecular weight is 264 g/mol. The van der Waals surface area contributed by atoms with Gasteiger partial charge in [0.05, 0.1) is 0 Å². The Bertz CT molecular complexity index is 428. The molecule has 3 nitrogen and oxygen atoms in total. The zero-order valence-electron chi connectivity index (χ0n) is 11.0. The van der Waals surface area contributed by atoms with Gasteiger partial charge in [0.2, 0.25) is 5.91 Å². The summed E-state index contributed by atoms with van der Waals surface area (Å²) in [4.78, 5) is 12.0. The normalized spacial score (nSPS) is 19.6. The molecular weight excluding hydrogens is 244 g/mol. The fourth-order valence-corrected chi connectivity index (χ4v) is 3.01. The number of aryl methyl sites for hydroxylation is 1. The van der Waals surface area contributed by atoms with Gasteiger partial charge >= 0.3 is 0 Å². The SMILES string of the molecule is Cc1cccc(NC(=O)CC2CSCCN2)c1C. The summed E-state index contributed by atoms with van der Waals surface area (Å²) in [6.07, 6.45) is 0.556. The van der Waals surface area contributed by atoms with Crippen molar-refractivity contribution in [3.05, 3.63) is 29.3 Å². The fourth-order valence-electron chi connectivity index (χ4n) is 2.06. The minimum Gasteiger partial charge on any atom is -0.326 e. The second-order valence-corrected chi connectivity index (χ2v) is 5.88. The molecule has 2 rings (SSSR count). The van der Waals surface area contributed by atoms with Crippen molar-refractivity contribution in [3.8, 4) is 0 Å². The Morgan fingerprint density at radius 2 is 2.33 bits per heavy atom. The third kappa shape index (κ3) is 3.50. The number of thioether (sulfide) groups is 1. The van der Waals surface area contributed by atoms with Crippen LogP contribution in [0, 0.1) is 13.8 Å². The highest BCUT2D eigenvalue weighted by Crippen LogP contribution is 2.18. The molecule has 1 aromatic carbocycles. The number of benzene rings is 1. The molecule has 2 N–H and O–H groups in total. The standard InChI is InChI=1S/C14H20N2OS/c1-10-4-3-5-13(11(10)2)16-14(17)8-12-9-18-7-6-15-12/h3-5,12,15H,6-9H2,1-2H3,(H,16,17). The Morgan fingerprint density at radius 3 is 3.06 bits per heavy atom. The molecule has 0 aliphatic carbocycles. The van der Waals surface area contributed by atoms with Crippen molar-refractivity contribution in [2.75, 3.05) is 23.4 Å². The average Bonchev–Trinajstić information content (AvgIpc) is 2.36. The van der Waals surface area contributed by atoms with Crippen LogP contribution in [0.3, 0.4) is 0 Å². The van der Waals surface area contributed by atoms with Crippen LogP contribution >= 0.6 is 11.8 Å². The van der Waals surface area contributed by atoms with E-state index in [0.717, 1.165) is 29.3 Å². The summed E-state index contributed by atoms with van der Waals surface area (Å²) in [5, 5.41) is 6.39. The van der Waals surface area contributed by atoms with Crippen molar-refractivity contribution in [2.45, 2.75) is 26.3 Å². The number of carbonyl (C=O) groups is 1. The van der Waals surface area contributed by atoms with Gasteiger partial charge in [0.25, 0.3) is 0 Å². The van der Waals surface area contributed by atoms with Gasteiger partial charge in [-0.05, 0) is 31.0 Å². The highest BCUT2D eigenvalue weighted by atomic mass is 32.2. The third-order valence-electron chi connectivity index (χ3n) is 3.31. The lowest BCUT2D eigenvalue weighted by atomic mass is 10.1. The van der Waals surface area contributed by atoms with E-state index >= 15 is 0 Å². The quantitative estimate of drug-likeness (QED) is 0.880. The van der Waals surface area contributed by atoms with E-state index < -0.39 is 0 Å². The lowest BCUT2D eigenvalue weighted by Gasteiger charge is -2.22. The molecule has 0 spiro atoms. The maximum Gasteiger partial charge on any atom is 0.225 e.